The van der Waals surface area contributed by atoms with Gasteiger partial charge >= 0.3 is 0 Å². The summed E-state index contributed by atoms with van der Waals surface area (Å²) < 4.78 is 7.41. The molecule has 0 aliphatic heterocycles. The van der Waals surface area contributed by atoms with Gasteiger partial charge in [0.15, 0.2) is 11.5 Å². The van der Waals surface area contributed by atoms with Crippen LogP contribution in [0.2, 0.25) is 0 Å². The standard InChI is InChI=1S/C16H18N4O/c1-3-9-21-14-8-7-12(10-13(14)17)16-18-15-6-4-5-11(2)20(15)19-16/h4-8,10H,3,9,17H2,1-2H3. The van der Waals surface area contributed by atoms with E-state index < -0.39 is 0 Å². The van der Waals surface area contributed by atoms with Crippen molar-refractivity contribution in [1.82, 2.24) is 14.6 Å². The van der Waals surface area contributed by atoms with E-state index >= 15 is 0 Å². The number of rotatable bonds is 4. The Kier molecular flexibility index (Phi) is 3.48. The molecule has 0 spiro atoms. The molecule has 1 aromatic carbocycles. The number of pyridine rings is 1. The monoisotopic (exact) mass is 282 g/mol. The number of nitrogens with zero attached hydrogens (tertiary/aromatic N) is 3. The van der Waals surface area contributed by atoms with E-state index in [0.29, 0.717) is 23.9 Å². The molecular weight excluding hydrogens is 264 g/mol. The van der Waals surface area contributed by atoms with Crippen LogP contribution < -0.4 is 10.5 Å². The molecule has 3 aromatic rings. The second-order valence-electron chi connectivity index (χ2n) is 4.97. The first-order valence-corrected chi connectivity index (χ1v) is 7.04. The van der Waals surface area contributed by atoms with Gasteiger partial charge in [0.2, 0.25) is 0 Å². The fourth-order valence-electron chi connectivity index (χ4n) is 2.19. The van der Waals surface area contributed by atoms with Gasteiger partial charge in [0.1, 0.15) is 5.75 Å². The van der Waals surface area contributed by atoms with Gasteiger partial charge in [0.25, 0.3) is 0 Å². The molecule has 0 bridgehead atoms. The van der Waals surface area contributed by atoms with Crippen LogP contribution in [-0.4, -0.2) is 21.2 Å². The van der Waals surface area contributed by atoms with E-state index in [0.717, 1.165) is 23.3 Å². The van der Waals surface area contributed by atoms with Crippen LogP contribution in [0.3, 0.4) is 0 Å². The summed E-state index contributed by atoms with van der Waals surface area (Å²) in [7, 11) is 0. The van der Waals surface area contributed by atoms with E-state index in [4.69, 9.17) is 10.5 Å². The summed E-state index contributed by atoms with van der Waals surface area (Å²) >= 11 is 0. The van der Waals surface area contributed by atoms with Crippen molar-refractivity contribution in [3.8, 4) is 17.1 Å². The Bertz CT molecular complexity index is 779. The second-order valence-corrected chi connectivity index (χ2v) is 4.97. The average Bonchev–Trinajstić information content (AvgIpc) is 2.91. The Hall–Kier alpha value is -2.56. The Labute approximate surface area is 123 Å². The van der Waals surface area contributed by atoms with E-state index in [-0.39, 0.29) is 0 Å². The Morgan fingerprint density at radius 3 is 2.81 bits per heavy atom. The number of ether oxygens (including phenoxy) is 1. The number of anilines is 1. The van der Waals surface area contributed by atoms with Gasteiger partial charge in [-0.1, -0.05) is 13.0 Å². The number of fused-ring (bicyclic) bond motifs is 1. The van der Waals surface area contributed by atoms with Crippen molar-refractivity contribution in [2.75, 3.05) is 12.3 Å². The second kappa shape index (κ2) is 5.44. The lowest BCUT2D eigenvalue weighted by Gasteiger charge is -2.08. The highest BCUT2D eigenvalue weighted by Crippen LogP contribution is 2.27. The summed E-state index contributed by atoms with van der Waals surface area (Å²) in [5, 5.41) is 4.52. The minimum atomic E-state index is 0.608. The van der Waals surface area contributed by atoms with Gasteiger partial charge in [-0.05, 0) is 43.7 Å². The number of nitrogens with two attached hydrogens (primary N) is 1. The van der Waals surface area contributed by atoms with Gasteiger partial charge in [-0.2, -0.15) is 0 Å². The predicted octanol–water partition coefficient (Wildman–Crippen LogP) is 3.08. The molecule has 3 rings (SSSR count). The van der Waals surface area contributed by atoms with Gasteiger partial charge in [-0.15, -0.1) is 5.10 Å². The molecule has 108 valence electrons. The van der Waals surface area contributed by atoms with E-state index in [9.17, 15) is 0 Å². The van der Waals surface area contributed by atoms with Crippen molar-refractivity contribution >= 4 is 11.3 Å². The molecule has 0 fully saturated rings. The van der Waals surface area contributed by atoms with Gasteiger partial charge in [-0.3, -0.25) is 0 Å². The van der Waals surface area contributed by atoms with Crippen molar-refractivity contribution in [3.63, 3.8) is 0 Å². The predicted molar refractivity (Wildman–Crippen MR) is 83.4 cm³/mol. The first-order chi connectivity index (χ1) is 10.2. The van der Waals surface area contributed by atoms with Crippen LogP contribution in [0.25, 0.3) is 17.0 Å². The molecule has 0 atom stereocenters. The molecule has 5 heteroatoms. The molecule has 0 saturated heterocycles. The highest BCUT2D eigenvalue weighted by atomic mass is 16.5. The first kappa shape index (κ1) is 13.4. The summed E-state index contributed by atoms with van der Waals surface area (Å²) in [5.74, 6) is 1.37. The van der Waals surface area contributed by atoms with Crippen LogP contribution in [-0.2, 0) is 0 Å². The van der Waals surface area contributed by atoms with Gasteiger partial charge in [-0.25, -0.2) is 9.50 Å². The van der Waals surface area contributed by atoms with Crippen LogP contribution >= 0.6 is 0 Å². The number of aromatic nitrogens is 3. The van der Waals surface area contributed by atoms with Gasteiger partial charge in [0, 0.05) is 11.3 Å². The zero-order valence-corrected chi connectivity index (χ0v) is 12.2. The third-order valence-electron chi connectivity index (χ3n) is 3.28. The fourth-order valence-corrected chi connectivity index (χ4v) is 2.19. The lowest BCUT2D eigenvalue weighted by atomic mass is 10.2. The van der Waals surface area contributed by atoms with Crippen molar-refractivity contribution in [2.45, 2.75) is 20.3 Å². The summed E-state index contributed by atoms with van der Waals surface area (Å²) in [6.07, 6.45) is 0.953. The molecule has 0 radical (unpaired) electrons. The number of aryl methyl sites for hydroxylation is 1. The molecule has 0 amide bonds. The molecule has 5 nitrogen and oxygen atoms in total. The van der Waals surface area contributed by atoms with Crippen LogP contribution in [0.4, 0.5) is 5.69 Å². The van der Waals surface area contributed by atoms with Crippen molar-refractivity contribution in [2.24, 2.45) is 0 Å². The minimum Gasteiger partial charge on any atom is -0.491 e. The highest BCUT2D eigenvalue weighted by Gasteiger charge is 2.09. The fraction of sp³-hybridized carbons (Fsp3) is 0.250. The van der Waals surface area contributed by atoms with E-state index in [1.54, 1.807) is 0 Å². The summed E-state index contributed by atoms with van der Waals surface area (Å²) in [4.78, 5) is 4.53. The Balaban J connectivity index is 1.98. The zero-order valence-electron chi connectivity index (χ0n) is 12.2. The van der Waals surface area contributed by atoms with Gasteiger partial charge in [0.05, 0.1) is 12.3 Å². The third kappa shape index (κ3) is 2.54. The average molecular weight is 282 g/mol. The number of hydrogen-bond donors (Lipinski definition) is 1. The lowest BCUT2D eigenvalue weighted by molar-refractivity contribution is 0.319. The minimum absolute atomic E-state index is 0.608. The maximum atomic E-state index is 6.04. The van der Waals surface area contributed by atoms with Gasteiger partial charge < -0.3 is 10.5 Å². The maximum absolute atomic E-state index is 6.04. The Morgan fingerprint density at radius 1 is 1.24 bits per heavy atom. The largest absolute Gasteiger partial charge is 0.491 e. The molecule has 2 N–H and O–H groups in total. The SMILES string of the molecule is CCCOc1ccc(-c2nc3cccc(C)n3n2)cc1N. The topological polar surface area (TPSA) is 65.4 Å². The van der Waals surface area contributed by atoms with Crippen LogP contribution in [0, 0.1) is 6.92 Å². The maximum Gasteiger partial charge on any atom is 0.182 e. The molecule has 0 unspecified atom stereocenters. The normalized spacial score (nSPS) is 11.0. The zero-order chi connectivity index (χ0) is 14.8. The van der Waals surface area contributed by atoms with Crippen LogP contribution in [0.15, 0.2) is 36.4 Å². The molecule has 0 saturated carbocycles. The molecule has 21 heavy (non-hydrogen) atoms. The molecule has 2 heterocycles. The molecule has 0 aliphatic rings. The highest BCUT2D eigenvalue weighted by molar-refractivity contribution is 5.67. The summed E-state index contributed by atoms with van der Waals surface area (Å²) in [6, 6.07) is 11.6. The first-order valence-electron chi connectivity index (χ1n) is 7.04. The van der Waals surface area contributed by atoms with Crippen LogP contribution in [0.1, 0.15) is 19.0 Å². The van der Waals surface area contributed by atoms with E-state index in [1.165, 1.54) is 0 Å². The molecule has 2 aromatic heterocycles. The van der Waals surface area contributed by atoms with Crippen LogP contribution in [0.5, 0.6) is 5.75 Å². The molecule has 0 aliphatic carbocycles. The van der Waals surface area contributed by atoms with Crippen molar-refractivity contribution in [3.05, 3.63) is 42.1 Å². The third-order valence-corrected chi connectivity index (χ3v) is 3.28. The van der Waals surface area contributed by atoms with E-state index in [2.05, 4.69) is 17.0 Å². The molecular formula is C16H18N4O. The number of hydrogen-bond acceptors (Lipinski definition) is 4. The number of nitrogen functional groups attached to an aromatic ring is 1. The number of benzene rings is 1. The van der Waals surface area contributed by atoms with Crippen molar-refractivity contribution < 1.29 is 4.74 Å². The van der Waals surface area contributed by atoms with E-state index in [1.807, 2.05) is 47.8 Å². The lowest BCUT2D eigenvalue weighted by Crippen LogP contribution is -1.99. The quantitative estimate of drug-likeness (QED) is 0.747. The smallest absolute Gasteiger partial charge is 0.182 e. The Morgan fingerprint density at radius 2 is 2.10 bits per heavy atom. The van der Waals surface area contributed by atoms with Crippen molar-refractivity contribution in [1.29, 1.82) is 0 Å². The summed E-state index contributed by atoms with van der Waals surface area (Å²) in [5.41, 5.74) is 9.40. The summed E-state index contributed by atoms with van der Waals surface area (Å²) in [6.45, 7) is 4.73.